The van der Waals surface area contributed by atoms with Gasteiger partial charge in [0, 0.05) is 18.4 Å². The second-order valence-corrected chi connectivity index (χ2v) is 5.91. The first-order valence-electron chi connectivity index (χ1n) is 6.30. The SMILES string of the molecule is CCn1c(CN)nnc1SCc1cc(=O)n2ncsc2n1. The molecule has 0 unspecified atom stereocenters. The summed E-state index contributed by atoms with van der Waals surface area (Å²) < 4.78 is 3.25. The Hall–Kier alpha value is -1.78. The average Bonchev–Trinajstić information content (AvgIpc) is 3.10. The van der Waals surface area contributed by atoms with E-state index >= 15 is 0 Å². The predicted octanol–water partition coefficient (Wildman–Crippen LogP) is 0.513. The minimum atomic E-state index is -0.170. The van der Waals surface area contributed by atoms with Crippen LogP contribution in [-0.4, -0.2) is 29.4 Å². The number of nitrogens with zero attached hydrogens (tertiary/aromatic N) is 6. The van der Waals surface area contributed by atoms with Crippen molar-refractivity contribution in [2.75, 3.05) is 0 Å². The van der Waals surface area contributed by atoms with E-state index in [9.17, 15) is 4.79 Å². The third-order valence-electron chi connectivity index (χ3n) is 2.88. The van der Waals surface area contributed by atoms with Crippen LogP contribution in [0.4, 0.5) is 0 Å². The Balaban J connectivity index is 1.83. The fourth-order valence-electron chi connectivity index (χ4n) is 1.91. The summed E-state index contributed by atoms with van der Waals surface area (Å²) in [6.45, 7) is 3.13. The number of rotatable bonds is 5. The van der Waals surface area contributed by atoms with Crippen molar-refractivity contribution in [3.63, 3.8) is 0 Å². The molecule has 3 rings (SSSR count). The van der Waals surface area contributed by atoms with Crippen LogP contribution in [0.25, 0.3) is 4.96 Å². The standard InChI is InChI=1S/C11H13N7OS2/c1-2-17-8(4-12)15-16-11(17)20-5-7-3-9(19)18-10(14-7)21-6-13-18/h3,6H,2,4-5,12H2,1H3. The van der Waals surface area contributed by atoms with Crippen LogP contribution in [0.15, 0.2) is 21.5 Å². The Kier molecular flexibility index (Phi) is 3.99. The van der Waals surface area contributed by atoms with Gasteiger partial charge in [-0.05, 0) is 6.92 Å². The second-order valence-electron chi connectivity index (χ2n) is 4.15. The largest absolute Gasteiger partial charge is 0.324 e. The van der Waals surface area contributed by atoms with E-state index in [0.717, 1.165) is 17.5 Å². The van der Waals surface area contributed by atoms with Crippen LogP contribution >= 0.6 is 23.1 Å². The maximum Gasteiger partial charge on any atom is 0.275 e. The molecule has 0 aliphatic heterocycles. The van der Waals surface area contributed by atoms with Crippen molar-refractivity contribution in [3.8, 4) is 0 Å². The number of hydrogen-bond donors (Lipinski definition) is 1. The number of hydrogen-bond acceptors (Lipinski definition) is 8. The van der Waals surface area contributed by atoms with Crippen molar-refractivity contribution in [2.24, 2.45) is 5.73 Å². The van der Waals surface area contributed by atoms with Crippen LogP contribution in [-0.2, 0) is 18.8 Å². The van der Waals surface area contributed by atoms with Crippen molar-refractivity contribution in [1.82, 2.24) is 29.4 Å². The second kappa shape index (κ2) is 5.92. The number of fused-ring (bicyclic) bond motifs is 1. The number of nitrogens with two attached hydrogens (primary N) is 1. The number of thioether (sulfide) groups is 1. The summed E-state index contributed by atoms with van der Waals surface area (Å²) in [6, 6.07) is 1.50. The zero-order chi connectivity index (χ0) is 14.8. The molecule has 110 valence electrons. The highest BCUT2D eigenvalue weighted by Crippen LogP contribution is 2.21. The molecule has 21 heavy (non-hydrogen) atoms. The molecule has 0 aliphatic carbocycles. The van der Waals surface area contributed by atoms with Crippen LogP contribution in [0.3, 0.4) is 0 Å². The van der Waals surface area contributed by atoms with Crippen molar-refractivity contribution in [2.45, 2.75) is 30.9 Å². The molecule has 0 radical (unpaired) electrons. The van der Waals surface area contributed by atoms with Crippen molar-refractivity contribution < 1.29 is 0 Å². The van der Waals surface area contributed by atoms with Gasteiger partial charge in [-0.15, -0.1) is 10.2 Å². The highest BCUT2D eigenvalue weighted by molar-refractivity contribution is 7.98. The molecular formula is C11H13N7OS2. The van der Waals surface area contributed by atoms with Gasteiger partial charge in [0.1, 0.15) is 11.3 Å². The van der Waals surface area contributed by atoms with E-state index in [1.54, 1.807) is 5.51 Å². The molecule has 0 spiro atoms. The summed E-state index contributed by atoms with van der Waals surface area (Å²) in [5, 5.41) is 12.9. The molecule has 0 atom stereocenters. The molecule has 0 aliphatic rings. The van der Waals surface area contributed by atoms with Gasteiger partial charge >= 0.3 is 0 Å². The summed E-state index contributed by atoms with van der Waals surface area (Å²) >= 11 is 2.82. The zero-order valence-corrected chi connectivity index (χ0v) is 12.9. The van der Waals surface area contributed by atoms with E-state index in [-0.39, 0.29) is 5.56 Å². The van der Waals surface area contributed by atoms with Crippen molar-refractivity contribution in [3.05, 3.63) is 33.4 Å². The van der Waals surface area contributed by atoms with Gasteiger partial charge in [0.05, 0.1) is 12.2 Å². The van der Waals surface area contributed by atoms with Crippen molar-refractivity contribution >= 4 is 28.1 Å². The maximum atomic E-state index is 11.9. The third kappa shape index (κ3) is 2.69. The Morgan fingerprint density at radius 3 is 3.05 bits per heavy atom. The van der Waals surface area contributed by atoms with E-state index in [4.69, 9.17) is 5.73 Å². The van der Waals surface area contributed by atoms with Crippen LogP contribution in [0.2, 0.25) is 0 Å². The first kappa shape index (κ1) is 14.2. The average molecular weight is 323 g/mol. The van der Waals surface area contributed by atoms with Crippen LogP contribution in [0, 0.1) is 0 Å². The van der Waals surface area contributed by atoms with Crippen LogP contribution in [0.5, 0.6) is 0 Å². The fraction of sp³-hybridized carbons (Fsp3) is 0.364. The molecule has 3 heterocycles. The maximum absolute atomic E-state index is 11.9. The van der Waals surface area contributed by atoms with Gasteiger partial charge in [0.25, 0.3) is 5.56 Å². The lowest BCUT2D eigenvalue weighted by Crippen LogP contribution is -2.14. The van der Waals surface area contributed by atoms with Gasteiger partial charge in [-0.25, -0.2) is 4.98 Å². The molecule has 3 aromatic rings. The molecular weight excluding hydrogens is 310 g/mol. The van der Waals surface area contributed by atoms with Crippen LogP contribution in [0.1, 0.15) is 18.4 Å². The summed E-state index contributed by atoms with van der Waals surface area (Å²) in [5.41, 5.74) is 7.75. The van der Waals surface area contributed by atoms with E-state index < -0.39 is 0 Å². The van der Waals surface area contributed by atoms with Gasteiger partial charge in [-0.1, -0.05) is 23.1 Å². The lowest BCUT2D eigenvalue weighted by molar-refractivity contribution is 0.643. The quantitative estimate of drug-likeness (QED) is 0.682. The fourth-order valence-corrected chi connectivity index (χ4v) is 3.46. The highest BCUT2D eigenvalue weighted by Gasteiger charge is 2.11. The number of aromatic nitrogens is 6. The molecule has 0 saturated heterocycles. The topological polar surface area (TPSA) is 104 Å². The van der Waals surface area contributed by atoms with Gasteiger partial charge in [0.2, 0.25) is 4.96 Å². The molecule has 0 bridgehead atoms. The Bertz CT molecular complexity index is 821. The van der Waals surface area contributed by atoms with Gasteiger partial charge in [-0.2, -0.15) is 9.61 Å². The highest BCUT2D eigenvalue weighted by atomic mass is 32.2. The smallest absolute Gasteiger partial charge is 0.275 e. The van der Waals surface area contributed by atoms with E-state index in [1.165, 1.54) is 33.7 Å². The van der Waals surface area contributed by atoms with Gasteiger partial charge in [0.15, 0.2) is 5.16 Å². The summed E-state index contributed by atoms with van der Waals surface area (Å²) in [7, 11) is 0. The Morgan fingerprint density at radius 2 is 2.29 bits per heavy atom. The minimum Gasteiger partial charge on any atom is -0.324 e. The molecule has 0 aromatic carbocycles. The lowest BCUT2D eigenvalue weighted by Gasteiger charge is -2.05. The first-order chi connectivity index (χ1) is 10.2. The van der Waals surface area contributed by atoms with Gasteiger partial charge < -0.3 is 10.3 Å². The summed E-state index contributed by atoms with van der Waals surface area (Å²) in [5.74, 6) is 1.30. The van der Waals surface area contributed by atoms with Gasteiger partial charge in [-0.3, -0.25) is 4.79 Å². The molecule has 0 saturated carbocycles. The van der Waals surface area contributed by atoms with Crippen molar-refractivity contribution in [1.29, 1.82) is 0 Å². The van der Waals surface area contributed by atoms with E-state index in [2.05, 4.69) is 20.3 Å². The molecule has 2 N–H and O–H groups in total. The normalized spacial score (nSPS) is 11.3. The molecule has 0 amide bonds. The molecule has 10 heteroatoms. The summed E-state index contributed by atoms with van der Waals surface area (Å²) in [4.78, 5) is 16.9. The zero-order valence-electron chi connectivity index (χ0n) is 11.3. The molecule has 3 aromatic heterocycles. The Morgan fingerprint density at radius 1 is 1.43 bits per heavy atom. The first-order valence-corrected chi connectivity index (χ1v) is 8.17. The van der Waals surface area contributed by atoms with Crippen LogP contribution < -0.4 is 11.3 Å². The molecule has 8 nitrogen and oxygen atoms in total. The van der Waals surface area contributed by atoms with E-state index in [1.807, 2.05) is 11.5 Å². The Labute approximate surface area is 128 Å². The molecule has 0 fully saturated rings. The minimum absolute atomic E-state index is 0.170. The monoisotopic (exact) mass is 323 g/mol. The predicted molar refractivity (Wildman–Crippen MR) is 80.3 cm³/mol. The lowest BCUT2D eigenvalue weighted by atomic mass is 10.4. The third-order valence-corrected chi connectivity index (χ3v) is 4.56. The summed E-state index contributed by atoms with van der Waals surface area (Å²) in [6.07, 6.45) is 0. The van der Waals surface area contributed by atoms with E-state index in [0.29, 0.717) is 23.0 Å².